The Morgan fingerprint density at radius 2 is 1.90 bits per heavy atom. The van der Waals surface area contributed by atoms with Crippen LogP contribution in [0.25, 0.3) is 0 Å². The number of hydrogen-bond donors (Lipinski definition) is 2. The minimum atomic E-state index is -0.996. The summed E-state index contributed by atoms with van der Waals surface area (Å²) in [6.07, 6.45) is 0. The number of anilines is 1. The van der Waals surface area contributed by atoms with E-state index in [4.69, 9.17) is 10.00 Å². The van der Waals surface area contributed by atoms with Crippen LogP contribution in [0.2, 0.25) is 0 Å². The van der Waals surface area contributed by atoms with E-state index in [1.165, 1.54) is 13.0 Å². The molecule has 29 heavy (non-hydrogen) atoms. The average molecular weight is 396 g/mol. The Labute approximate surface area is 165 Å². The van der Waals surface area contributed by atoms with Crippen molar-refractivity contribution >= 4 is 29.2 Å². The Morgan fingerprint density at radius 3 is 2.52 bits per heavy atom. The van der Waals surface area contributed by atoms with E-state index in [2.05, 4.69) is 10.6 Å². The van der Waals surface area contributed by atoms with Crippen LogP contribution in [-0.2, 0) is 14.3 Å². The number of non-ortho nitro benzene ring substituents is 1. The molecule has 2 amide bonds. The lowest BCUT2D eigenvalue weighted by Gasteiger charge is -2.13. The zero-order chi connectivity index (χ0) is 21.4. The molecule has 2 aromatic carbocycles. The normalized spacial score (nSPS) is 10.9. The van der Waals surface area contributed by atoms with Gasteiger partial charge in [0.05, 0.1) is 16.2 Å². The van der Waals surface area contributed by atoms with Gasteiger partial charge in [-0.2, -0.15) is 5.26 Å². The van der Waals surface area contributed by atoms with Gasteiger partial charge in [-0.3, -0.25) is 19.7 Å². The van der Waals surface area contributed by atoms with Crippen molar-refractivity contribution in [1.29, 1.82) is 5.26 Å². The molecule has 0 bridgehead atoms. The maximum Gasteiger partial charge on any atom is 0.328 e. The fourth-order valence-corrected chi connectivity index (χ4v) is 2.22. The highest BCUT2D eigenvalue weighted by atomic mass is 16.6. The van der Waals surface area contributed by atoms with Gasteiger partial charge >= 0.3 is 5.97 Å². The Morgan fingerprint density at radius 1 is 1.21 bits per heavy atom. The molecule has 0 radical (unpaired) electrons. The van der Waals surface area contributed by atoms with Gasteiger partial charge in [-0.1, -0.05) is 18.2 Å². The molecule has 2 N–H and O–H groups in total. The predicted octanol–water partition coefficient (Wildman–Crippen LogP) is 1.77. The molecule has 0 spiro atoms. The van der Waals surface area contributed by atoms with Gasteiger partial charge in [0, 0.05) is 17.7 Å². The third-order valence-corrected chi connectivity index (χ3v) is 3.69. The summed E-state index contributed by atoms with van der Waals surface area (Å²) in [5.74, 6) is -2.04. The van der Waals surface area contributed by atoms with E-state index in [1.54, 1.807) is 36.4 Å². The van der Waals surface area contributed by atoms with Gasteiger partial charge in [0.2, 0.25) is 0 Å². The highest BCUT2D eigenvalue weighted by Crippen LogP contribution is 2.21. The molecule has 2 rings (SSSR count). The van der Waals surface area contributed by atoms with E-state index in [9.17, 15) is 24.5 Å². The van der Waals surface area contributed by atoms with E-state index in [0.717, 1.165) is 12.1 Å². The first-order chi connectivity index (χ1) is 13.8. The van der Waals surface area contributed by atoms with Gasteiger partial charge in [0.25, 0.3) is 17.5 Å². The highest BCUT2D eigenvalue weighted by molar-refractivity contribution is 5.97. The third-order valence-electron chi connectivity index (χ3n) is 3.69. The number of rotatable bonds is 7. The number of nitro benzene ring substituents is 1. The number of nitriles is 1. The van der Waals surface area contributed by atoms with E-state index in [0.29, 0.717) is 5.56 Å². The summed E-state index contributed by atoms with van der Waals surface area (Å²) in [4.78, 5) is 46.0. The number of hydrogen-bond acceptors (Lipinski definition) is 7. The van der Waals surface area contributed by atoms with Crippen LogP contribution in [0.15, 0.2) is 48.5 Å². The molecular formula is C19H16N4O6. The molecule has 0 saturated carbocycles. The predicted molar refractivity (Wildman–Crippen MR) is 101 cm³/mol. The molecule has 0 aliphatic heterocycles. The quantitative estimate of drug-likeness (QED) is 0.411. The van der Waals surface area contributed by atoms with Gasteiger partial charge in [0.15, 0.2) is 6.61 Å². The Hall–Kier alpha value is -4.26. The van der Waals surface area contributed by atoms with Gasteiger partial charge in [-0.15, -0.1) is 0 Å². The smallest absolute Gasteiger partial charge is 0.328 e. The van der Waals surface area contributed by atoms with Crippen molar-refractivity contribution in [2.24, 2.45) is 0 Å². The lowest BCUT2D eigenvalue weighted by molar-refractivity contribution is -0.384. The summed E-state index contributed by atoms with van der Waals surface area (Å²) in [6, 6.07) is 12.4. The largest absolute Gasteiger partial charge is 0.454 e. The molecule has 0 fully saturated rings. The Bertz CT molecular complexity index is 984. The van der Waals surface area contributed by atoms with Crippen LogP contribution in [0.5, 0.6) is 0 Å². The average Bonchev–Trinajstić information content (AvgIpc) is 2.72. The standard InChI is InChI=1S/C19H16N4O6/c1-12(21-18(25)13-5-3-2-4-6-13)19(26)29-11-17(24)22-16-8-7-15(23(27)28)9-14(16)10-20/h2-9,12H,11H2,1H3,(H,21,25)(H,22,24)/t12-/m0/s1. The molecule has 0 aliphatic rings. The lowest BCUT2D eigenvalue weighted by atomic mass is 10.1. The van der Waals surface area contributed by atoms with Crippen molar-refractivity contribution in [1.82, 2.24) is 5.32 Å². The van der Waals surface area contributed by atoms with E-state index < -0.39 is 35.4 Å². The summed E-state index contributed by atoms with van der Waals surface area (Å²) in [5, 5.41) is 24.6. The van der Waals surface area contributed by atoms with Gasteiger partial charge in [0.1, 0.15) is 12.1 Å². The number of nitrogens with zero attached hydrogens (tertiary/aromatic N) is 2. The van der Waals surface area contributed by atoms with Crippen molar-refractivity contribution in [3.05, 3.63) is 69.8 Å². The van der Waals surface area contributed by atoms with Gasteiger partial charge in [-0.25, -0.2) is 4.79 Å². The van der Waals surface area contributed by atoms with Crippen LogP contribution in [0.4, 0.5) is 11.4 Å². The van der Waals surface area contributed by atoms with Crippen molar-refractivity contribution in [3.63, 3.8) is 0 Å². The van der Waals surface area contributed by atoms with Gasteiger partial charge < -0.3 is 15.4 Å². The maximum absolute atomic E-state index is 12.0. The SMILES string of the molecule is C[C@H](NC(=O)c1ccccc1)C(=O)OCC(=O)Nc1ccc([N+](=O)[O-])cc1C#N. The van der Waals surface area contributed by atoms with Crippen molar-refractivity contribution < 1.29 is 24.0 Å². The molecule has 148 valence electrons. The second-order valence-electron chi connectivity index (χ2n) is 5.82. The van der Waals surface area contributed by atoms with Crippen molar-refractivity contribution in [2.75, 3.05) is 11.9 Å². The van der Waals surface area contributed by atoms with Gasteiger partial charge in [-0.05, 0) is 25.1 Å². The monoisotopic (exact) mass is 396 g/mol. The molecule has 10 nitrogen and oxygen atoms in total. The second-order valence-corrected chi connectivity index (χ2v) is 5.82. The number of amides is 2. The number of ether oxygens (including phenoxy) is 1. The molecule has 10 heteroatoms. The summed E-state index contributed by atoms with van der Waals surface area (Å²) < 4.78 is 4.85. The number of esters is 1. The molecule has 0 unspecified atom stereocenters. The summed E-state index contributed by atoms with van der Waals surface area (Å²) in [6.45, 7) is 0.747. The van der Waals surface area contributed by atoms with Crippen LogP contribution in [-0.4, -0.2) is 35.4 Å². The maximum atomic E-state index is 12.0. The molecule has 0 aromatic heterocycles. The first-order valence-corrected chi connectivity index (χ1v) is 8.32. The lowest BCUT2D eigenvalue weighted by Crippen LogP contribution is -2.40. The zero-order valence-corrected chi connectivity index (χ0v) is 15.2. The molecule has 0 aliphatic carbocycles. The number of carbonyl (C=O) groups excluding carboxylic acids is 3. The van der Waals surface area contributed by atoms with E-state index in [1.807, 2.05) is 0 Å². The third kappa shape index (κ3) is 5.86. The van der Waals surface area contributed by atoms with Crippen LogP contribution < -0.4 is 10.6 Å². The van der Waals surface area contributed by atoms with Crippen LogP contribution in [0.1, 0.15) is 22.8 Å². The number of carbonyl (C=O) groups is 3. The fourth-order valence-electron chi connectivity index (χ4n) is 2.22. The molecular weight excluding hydrogens is 380 g/mol. The van der Waals surface area contributed by atoms with Crippen molar-refractivity contribution in [2.45, 2.75) is 13.0 Å². The molecule has 1 atom stereocenters. The van der Waals surface area contributed by atoms with Crippen molar-refractivity contribution in [3.8, 4) is 6.07 Å². The summed E-state index contributed by atoms with van der Waals surface area (Å²) in [5.41, 5.74) is 0.00741. The summed E-state index contributed by atoms with van der Waals surface area (Å²) in [7, 11) is 0. The van der Waals surface area contributed by atoms with Crippen LogP contribution >= 0.6 is 0 Å². The number of benzene rings is 2. The topological polar surface area (TPSA) is 151 Å². The first-order valence-electron chi connectivity index (χ1n) is 8.32. The highest BCUT2D eigenvalue weighted by Gasteiger charge is 2.19. The molecule has 2 aromatic rings. The number of nitrogens with one attached hydrogen (secondary N) is 2. The molecule has 0 saturated heterocycles. The van der Waals surface area contributed by atoms with E-state index >= 15 is 0 Å². The summed E-state index contributed by atoms with van der Waals surface area (Å²) >= 11 is 0. The number of nitro groups is 1. The minimum Gasteiger partial charge on any atom is -0.454 e. The van der Waals surface area contributed by atoms with Crippen LogP contribution in [0.3, 0.4) is 0 Å². The second kappa shape index (κ2) is 9.61. The Kier molecular flexibility index (Phi) is 6.97. The van der Waals surface area contributed by atoms with E-state index in [-0.39, 0.29) is 16.9 Å². The van der Waals surface area contributed by atoms with Crippen LogP contribution in [0, 0.1) is 21.4 Å². The fraction of sp³-hybridized carbons (Fsp3) is 0.158. The zero-order valence-electron chi connectivity index (χ0n) is 15.2. The first kappa shape index (κ1) is 21.0. The minimum absolute atomic E-state index is 0.0459. The Balaban J connectivity index is 1.88. The molecule has 0 heterocycles.